The first-order valence-corrected chi connectivity index (χ1v) is 7.98. The van der Waals surface area contributed by atoms with Crippen molar-refractivity contribution in [3.63, 3.8) is 0 Å². The predicted octanol–water partition coefficient (Wildman–Crippen LogP) is 5.13. The SMILES string of the molecule is CC1CCCc2c1c1ccccc1n2Cc1ccccc1. The van der Waals surface area contributed by atoms with Gasteiger partial charge in [0.1, 0.15) is 0 Å². The van der Waals surface area contributed by atoms with Crippen molar-refractivity contribution in [2.75, 3.05) is 0 Å². The quantitative estimate of drug-likeness (QED) is 0.611. The topological polar surface area (TPSA) is 4.93 Å². The van der Waals surface area contributed by atoms with Crippen molar-refractivity contribution in [2.24, 2.45) is 0 Å². The molecule has 0 spiro atoms. The van der Waals surface area contributed by atoms with Gasteiger partial charge in [-0.15, -0.1) is 0 Å². The second-order valence-corrected chi connectivity index (χ2v) is 6.24. The van der Waals surface area contributed by atoms with E-state index in [0.29, 0.717) is 5.92 Å². The standard InChI is InChI=1S/C20H21N/c1-15-8-7-13-19-20(15)17-11-5-6-12-18(17)21(19)14-16-9-3-2-4-10-16/h2-6,9-12,15H,7-8,13-14H2,1H3. The first-order valence-electron chi connectivity index (χ1n) is 7.98. The maximum absolute atomic E-state index is 2.55. The molecule has 1 aliphatic rings. The zero-order chi connectivity index (χ0) is 14.2. The van der Waals surface area contributed by atoms with Crippen LogP contribution in [0.4, 0.5) is 0 Å². The molecule has 1 nitrogen and oxygen atoms in total. The molecule has 0 saturated carbocycles. The van der Waals surface area contributed by atoms with Crippen LogP contribution in [0.3, 0.4) is 0 Å². The molecule has 0 amide bonds. The van der Waals surface area contributed by atoms with Crippen LogP contribution in [0.1, 0.15) is 42.5 Å². The lowest BCUT2D eigenvalue weighted by atomic mass is 9.86. The molecule has 3 aromatic rings. The Hall–Kier alpha value is -2.02. The molecule has 1 atom stereocenters. The molecule has 1 heteroatoms. The fraction of sp³-hybridized carbons (Fsp3) is 0.300. The molecular weight excluding hydrogens is 254 g/mol. The van der Waals surface area contributed by atoms with Crippen LogP contribution in [0.25, 0.3) is 10.9 Å². The third kappa shape index (κ3) is 2.08. The summed E-state index contributed by atoms with van der Waals surface area (Å²) in [5.74, 6) is 0.690. The monoisotopic (exact) mass is 275 g/mol. The van der Waals surface area contributed by atoms with E-state index in [4.69, 9.17) is 0 Å². The van der Waals surface area contributed by atoms with Crippen LogP contribution in [0, 0.1) is 0 Å². The van der Waals surface area contributed by atoms with Crippen LogP contribution in [0.2, 0.25) is 0 Å². The van der Waals surface area contributed by atoms with Gasteiger partial charge in [0.25, 0.3) is 0 Å². The highest BCUT2D eigenvalue weighted by Crippen LogP contribution is 2.39. The number of para-hydroxylation sites is 1. The molecule has 1 unspecified atom stereocenters. The first kappa shape index (κ1) is 12.7. The summed E-state index contributed by atoms with van der Waals surface area (Å²) in [6.07, 6.45) is 3.87. The highest BCUT2D eigenvalue weighted by Gasteiger charge is 2.24. The van der Waals surface area contributed by atoms with Gasteiger partial charge < -0.3 is 4.57 Å². The lowest BCUT2D eigenvalue weighted by Gasteiger charge is -2.21. The highest BCUT2D eigenvalue weighted by molar-refractivity contribution is 5.86. The van der Waals surface area contributed by atoms with E-state index in [-0.39, 0.29) is 0 Å². The van der Waals surface area contributed by atoms with Gasteiger partial charge >= 0.3 is 0 Å². The third-order valence-electron chi connectivity index (χ3n) is 4.85. The maximum atomic E-state index is 2.55. The van der Waals surface area contributed by atoms with Gasteiger partial charge in [-0.25, -0.2) is 0 Å². The Balaban J connectivity index is 1.92. The van der Waals surface area contributed by atoms with Gasteiger partial charge in [-0.3, -0.25) is 0 Å². The Morgan fingerprint density at radius 3 is 2.62 bits per heavy atom. The summed E-state index contributed by atoms with van der Waals surface area (Å²) in [4.78, 5) is 0. The van der Waals surface area contributed by atoms with Crippen LogP contribution in [0.15, 0.2) is 54.6 Å². The van der Waals surface area contributed by atoms with Gasteiger partial charge in [0.2, 0.25) is 0 Å². The van der Waals surface area contributed by atoms with E-state index < -0.39 is 0 Å². The minimum Gasteiger partial charge on any atom is -0.340 e. The highest BCUT2D eigenvalue weighted by atomic mass is 15.0. The fourth-order valence-corrected chi connectivity index (χ4v) is 3.87. The number of rotatable bonds is 2. The number of aromatic nitrogens is 1. The van der Waals surface area contributed by atoms with E-state index in [1.807, 2.05) is 0 Å². The molecule has 0 bridgehead atoms. The second-order valence-electron chi connectivity index (χ2n) is 6.24. The van der Waals surface area contributed by atoms with Crippen molar-refractivity contribution in [1.29, 1.82) is 0 Å². The van der Waals surface area contributed by atoms with Crippen LogP contribution in [-0.2, 0) is 13.0 Å². The lowest BCUT2D eigenvalue weighted by molar-refractivity contribution is 0.568. The van der Waals surface area contributed by atoms with Crippen molar-refractivity contribution in [2.45, 2.75) is 38.6 Å². The number of nitrogens with zero attached hydrogens (tertiary/aromatic N) is 1. The Labute approximate surface area is 126 Å². The largest absolute Gasteiger partial charge is 0.340 e. The number of hydrogen-bond acceptors (Lipinski definition) is 0. The van der Waals surface area contributed by atoms with Crippen LogP contribution in [0.5, 0.6) is 0 Å². The minimum atomic E-state index is 0.690. The summed E-state index contributed by atoms with van der Waals surface area (Å²) in [5.41, 5.74) is 5.96. The second kappa shape index (κ2) is 5.07. The fourth-order valence-electron chi connectivity index (χ4n) is 3.87. The number of benzene rings is 2. The van der Waals surface area contributed by atoms with Crippen LogP contribution in [-0.4, -0.2) is 4.57 Å². The minimum absolute atomic E-state index is 0.690. The molecule has 1 heterocycles. The molecular formula is C20H21N. The number of fused-ring (bicyclic) bond motifs is 3. The molecule has 106 valence electrons. The first-order chi connectivity index (χ1) is 10.3. The zero-order valence-corrected chi connectivity index (χ0v) is 12.5. The summed E-state index contributed by atoms with van der Waals surface area (Å²) >= 11 is 0. The van der Waals surface area contributed by atoms with E-state index in [9.17, 15) is 0 Å². The van der Waals surface area contributed by atoms with Crippen molar-refractivity contribution >= 4 is 10.9 Å². The molecule has 0 aliphatic heterocycles. The molecule has 2 aromatic carbocycles. The van der Waals surface area contributed by atoms with Gasteiger partial charge in [0.15, 0.2) is 0 Å². The average Bonchev–Trinajstić information content (AvgIpc) is 2.84. The van der Waals surface area contributed by atoms with E-state index in [0.717, 1.165) is 6.54 Å². The molecule has 0 radical (unpaired) electrons. The van der Waals surface area contributed by atoms with Crippen molar-refractivity contribution < 1.29 is 0 Å². The van der Waals surface area contributed by atoms with E-state index >= 15 is 0 Å². The lowest BCUT2D eigenvalue weighted by Crippen LogP contribution is -2.11. The van der Waals surface area contributed by atoms with Gasteiger partial charge in [0.05, 0.1) is 0 Å². The summed E-state index contributed by atoms with van der Waals surface area (Å²) in [6, 6.07) is 19.7. The molecule has 0 fully saturated rings. The third-order valence-corrected chi connectivity index (χ3v) is 4.85. The van der Waals surface area contributed by atoms with E-state index in [2.05, 4.69) is 66.1 Å². The summed E-state index contributed by atoms with van der Waals surface area (Å²) in [6.45, 7) is 3.38. The molecule has 1 aromatic heterocycles. The molecule has 4 rings (SSSR count). The Kier molecular flexibility index (Phi) is 3.07. The average molecular weight is 275 g/mol. The Bertz CT molecular complexity index is 767. The molecule has 0 saturated heterocycles. The molecule has 0 N–H and O–H groups in total. The predicted molar refractivity (Wildman–Crippen MR) is 88.8 cm³/mol. The summed E-state index contributed by atoms with van der Waals surface area (Å²) in [5, 5.41) is 1.47. The number of hydrogen-bond donors (Lipinski definition) is 0. The van der Waals surface area contributed by atoms with E-state index in [1.54, 1.807) is 11.3 Å². The van der Waals surface area contributed by atoms with Crippen molar-refractivity contribution in [3.05, 3.63) is 71.4 Å². The van der Waals surface area contributed by atoms with Crippen molar-refractivity contribution in [3.8, 4) is 0 Å². The normalized spacial score (nSPS) is 17.9. The van der Waals surface area contributed by atoms with Crippen LogP contribution < -0.4 is 0 Å². The van der Waals surface area contributed by atoms with E-state index in [1.165, 1.54) is 35.7 Å². The summed E-state index contributed by atoms with van der Waals surface area (Å²) < 4.78 is 2.55. The van der Waals surface area contributed by atoms with Gasteiger partial charge in [-0.1, -0.05) is 55.5 Å². The Morgan fingerprint density at radius 2 is 1.76 bits per heavy atom. The van der Waals surface area contributed by atoms with Gasteiger partial charge in [-0.05, 0) is 42.4 Å². The zero-order valence-electron chi connectivity index (χ0n) is 12.5. The smallest absolute Gasteiger partial charge is 0.0488 e. The van der Waals surface area contributed by atoms with Gasteiger partial charge in [0, 0.05) is 23.1 Å². The Morgan fingerprint density at radius 1 is 1.00 bits per heavy atom. The summed E-state index contributed by atoms with van der Waals surface area (Å²) in [7, 11) is 0. The molecule has 21 heavy (non-hydrogen) atoms. The molecule has 1 aliphatic carbocycles. The maximum Gasteiger partial charge on any atom is 0.0488 e. The van der Waals surface area contributed by atoms with Crippen molar-refractivity contribution in [1.82, 2.24) is 4.57 Å². The van der Waals surface area contributed by atoms with Crippen LogP contribution >= 0.6 is 0 Å². The van der Waals surface area contributed by atoms with Gasteiger partial charge in [-0.2, -0.15) is 0 Å².